The molecule has 0 unspecified atom stereocenters. The summed E-state index contributed by atoms with van der Waals surface area (Å²) >= 11 is 7.08. The van der Waals surface area contributed by atoms with Gasteiger partial charge in [-0.15, -0.1) is 16.4 Å². The molecule has 1 aliphatic heterocycles. The molecule has 0 spiro atoms. The van der Waals surface area contributed by atoms with E-state index in [1.54, 1.807) is 15.9 Å². The fourth-order valence-electron chi connectivity index (χ4n) is 3.90. The number of hydrogen-bond acceptors (Lipinski definition) is 5. The molecule has 0 amide bonds. The Morgan fingerprint density at radius 3 is 2.96 bits per heavy atom. The van der Waals surface area contributed by atoms with Gasteiger partial charge >= 0.3 is 0 Å². The lowest BCUT2D eigenvalue weighted by Crippen LogP contribution is -2.28. The number of aryl methyl sites for hydroxylation is 1. The Morgan fingerprint density at radius 2 is 2.21 bits per heavy atom. The Morgan fingerprint density at radius 1 is 1.39 bits per heavy atom. The summed E-state index contributed by atoms with van der Waals surface area (Å²) in [4.78, 5) is 15.7. The molecule has 0 bridgehead atoms. The quantitative estimate of drug-likeness (QED) is 0.502. The van der Waals surface area contributed by atoms with Gasteiger partial charge in [-0.05, 0) is 48.3 Å². The van der Waals surface area contributed by atoms with Gasteiger partial charge in [0.2, 0.25) is 10.5 Å². The summed E-state index contributed by atoms with van der Waals surface area (Å²) in [7, 11) is 0. The molecule has 1 aliphatic rings. The molecule has 28 heavy (non-hydrogen) atoms. The number of nitrogens with zero attached hydrogens (tertiary/aromatic N) is 3. The molecule has 5 rings (SSSR count). The van der Waals surface area contributed by atoms with E-state index in [9.17, 15) is 4.79 Å². The minimum atomic E-state index is -0.0518. The summed E-state index contributed by atoms with van der Waals surface area (Å²) in [5.74, 6) is 0.898. The van der Waals surface area contributed by atoms with Crippen LogP contribution in [-0.4, -0.2) is 25.3 Å². The number of benzene rings is 1. The smallest absolute Gasteiger partial charge is 0.268 e. The Hall–Kier alpha value is -2.29. The predicted octanol–water partition coefficient (Wildman–Crippen LogP) is 4.16. The van der Waals surface area contributed by atoms with Crippen molar-refractivity contribution in [2.45, 2.75) is 39.9 Å². The van der Waals surface area contributed by atoms with Gasteiger partial charge in [-0.25, -0.2) is 14.1 Å². The zero-order chi connectivity index (χ0) is 19.6. The Bertz CT molecular complexity index is 1340. The zero-order valence-electron chi connectivity index (χ0n) is 15.9. The van der Waals surface area contributed by atoms with E-state index in [0.29, 0.717) is 23.1 Å². The molecule has 6 nitrogen and oxygen atoms in total. The van der Waals surface area contributed by atoms with E-state index in [2.05, 4.69) is 24.0 Å². The predicted molar refractivity (Wildman–Crippen MR) is 113 cm³/mol. The van der Waals surface area contributed by atoms with Crippen LogP contribution in [0.4, 0.5) is 0 Å². The van der Waals surface area contributed by atoms with Crippen LogP contribution in [0.1, 0.15) is 29.9 Å². The monoisotopic (exact) mass is 412 g/mol. The number of aromatic amines is 1. The van der Waals surface area contributed by atoms with Crippen LogP contribution in [0, 0.1) is 17.6 Å². The van der Waals surface area contributed by atoms with Gasteiger partial charge in [-0.1, -0.05) is 26.0 Å². The van der Waals surface area contributed by atoms with Crippen molar-refractivity contribution in [3.63, 3.8) is 0 Å². The van der Waals surface area contributed by atoms with Crippen LogP contribution in [-0.2, 0) is 17.8 Å². The third-order valence-corrected chi connectivity index (χ3v) is 6.85. The maximum absolute atomic E-state index is 13.7. The van der Waals surface area contributed by atoms with Gasteiger partial charge in [0.15, 0.2) is 0 Å². The second-order valence-electron chi connectivity index (χ2n) is 7.63. The van der Waals surface area contributed by atoms with Gasteiger partial charge < -0.3 is 4.74 Å². The number of nitrogens with one attached hydrogen (secondary N) is 1. The number of rotatable bonds is 2. The fourth-order valence-corrected chi connectivity index (χ4v) is 5.43. The molecular weight excluding hydrogens is 392 g/mol. The lowest BCUT2D eigenvalue weighted by molar-refractivity contribution is 0.00200. The van der Waals surface area contributed by atoms with E-state index in [0.717, 1.165) is 38.3 Å². The van der Waals surface area contributed by atoms with Gasteiger partial charge in [-0.3, -0.25) is 4.79 Å². The van der Waals surface area contributed by atoms with Crippen molar-refractivity contribution in [1.29, 1.82) is 0 Å². The molecule has 4 heterocycles. The van der Waals surface area contributed by atoms with Crippen LogP contribution in [0.25, 0.3) is 21.7 Å². The average molecular weight is 413 g/mol. The highest BCUT2D eigenvalue weighted by atomic mass is 32.1. The first-order valence-corrected chi connectivity index (χ1v) is 10.5. The van der Waals surface area contributed by atoms with Crippen LogP contribution in [0.3, 0.4) is 0 Å². The summed E-state index contributed by atoms with van der Waals surface area (Å²) in [5.41, 5.74) is 2.92. The van der Waals surface area contributed by atoms with E-state index in [1.807, 2.05) is 35.6 Å². The summed E-state index contributed by atoms with van der Waals surface area (Å²) < 4.78 is 10.1. The highest BCUT2D eigenvalue weighted by molar-refractivity contribution is 7.71. The van der Waals surface area contributed by atoms with Crippen LogP contribution < -0.4 is 5.56 Å². The lowest BCUT2D eigenvalue weighted by atomic mass is 9.96. The lowest BCUT2D eigenvalue weighted by Gasteiger charge is -2.26. The van der Waals surface area contributed by atoms with Gasteiger partial charge in [0.05, 0.1) is 23.8 Å². The zero-order valence-corrected chi connectivity index (χ0v) is 17.5. The van der Waals surface area contributed by atoms with Crippen molar-refractivity contribution in [3.05, 3.63) is 55.4 Å². The van der Waals surface area contributed by atoms with Crippen molar-refractivity contribution in [1.82, 2.24) is 19.2 Å². The standard InChI is InChI=1S/C20H20N4O2S2/c1-10(2)14-8-13-15(9-26-14)28-18-16(13)17(25)23(12-6-4-5-11(3)7-12)19-21-22-20(27)24(18)19/h4-7,10,14H,8-9H2,1-3H3,(H,22,27)/t14-/m1/s1. The number of fused-ring (bicyclic) bond motifs is 5. The van der Waals surface area contributed by atoms with E-state index in [-0.39, 0.29) is 11.7 Å². The SMILES string of the molecule is Cc1cccc(-n2c(=O)c3c4c(sc3n3c(=S)[nH]nc23)CO[C@@H](C(C)C)C4)c1. The molecule has 1 N–H and O–H groups in total. The van der Waals surface area contributed by atoms with Gasteiger partial charge in [-0.2, -0.15) is 0 Å². The van der Waals surface area contributed by atoms with Crippen LogP contribution in [0.15, 0.2) is 29.1 Å². The molecule has 0 fully saturated rings. The van der Waals surface area contributed by atoms with Crippen molar-refractivity contribution in [2.75, 3.05) is 0 Å². The summed E-state index contributed by atoms with van der Waals surface area (Å²) in [5, 5.41) is 7.96. The molecule has 0 saturated carbocycles. The molecule has 0 saturated heterocycles. The number of H-pyrrole nitrogens is 1. The third-order valence-electron chi connectivity index (χ3n) is 5.38. The second kappa shape index (κ2) is 6.37. The molecule has 0 aliphatic carbocycles. The minimum absolute atomic E-state index is 0.0518. The Kier molecular flexibility index (Phi) is 4.04. The summed E-state index contributed by atoms with van der Waals surface area (Å²) in [6, 6.07) is 7.88. The first-order valence-electron chi connectivity index (χ1n) is 9.30. The molecule has 144 valence electrons. The van der Waals surface area contributed by atoms with E-state index in [1.165, 1.54) is 0 Å². The van der Waals surface area contributed by atoms with Crippen LogP contribution >= 0.6 is 23.6 Å². The Labute approximate surface area is 170 Å². The molecule has 1 atom stereocenters. The van der Waals surface area contributed by atoms with Crippen molar-refractivity contribution < 1.29 is 4.74 Å². The molecular formula is C20H20N4O2S2. The largest absolute Gasteiger partial charge is 0.372 e. The molecule has 8 heteroatoms. The van der Waals surface area contributed by atoms with Gasteiger partial charge in [0, 0.05) is 11.3 Å². The topological polar surface area (TPSA) is 64.3 Å². The molecule has 0 radical (unpaired) electrons. The maximum atomic E-state index is 13.7. The second-order valence-corrected chi connectivity index (χ2v) is 9.10. The number of hydrogen-bond donors (Lipinski definition) is 1. The maximum Gasteiger partial charge on any atom is 0.268 e. The molecule has 3 aromatic heterocycles. The van der Waals surface area contributed by atoms with Crippen molar-refractivity contribution in [3.8, 4) is 5.69 Å². The Balaban J connectivity index is 1.91. The van der Waals surface area contributed by atoms with Gasteiger partial charge in [0.25, 0.3) is 5.56 Å². The van der Waals surface area contributed by atoms with E-state index >= 15 is 0 Å². The van der Waals surface area contributed by atoms with Gasteiger partial charge in [0.1, 0.15) is 4.83 Å². The average Bonchev–Trinajstić information content (AvgIpc) is 3.22. The third kappa shape index (κ3) is 2.52. The molecule has 4 aromatic rings. The number of thiophene rings is 1. The normalized spacial score (nSPS) is 16.9. The van der Waals surface area contributed by atoms with Crippen molar-refractivity contribution >= 4 is 39.5 Å². The first-order chi connectivity index (χ1) is 13.5. The van der Waals surface area contributed by atoms with E-state index in [4.69, 9.17) is 17.0 Å². The highest BCUT2D eigenvalue weighted by Gasteiger charge is 2.29. The van der Waals surface area contributed by atoms with Crippen LogP contribution in [0.2, 0.25) is 0 Å². The highest BCUT2D eigenvalue weighted by Crippen LogP contribution is 2.36. The number of aromatic nitrogens is 4. The van der Waals surface area contributed by atoms with Crippen molar-refractivity contribution in [2.24, 2.45) is 5.92 Å². The van der Waals surface area contributed by atoms with Crippen LogP contribution in [0.5, 0.6) is 0 Å². The minimum Gasteiger partial charge on any atom is -0.372 e. The molecule has 1 aromatic carbocycles. The first kappa shape index (κ1) is 17.8. The number of ether oxygens (including phenoxy) is 1. The fraction of sp³-hybridized carbons (Fsp3) is 0.350. The summed E-state index contributed by atoms with van der Waals surface area (Å²) in [6.45, 7) is 6.85. The van der Waals surface area contributed by atoms with E-state index < -0.39 is 0 Å². The summed E-state index contributed by atoms with van der Waals surface area (Å²) in [6.07, 6.45) is 0.859.